The fourth-order valence-electron chi connectivity index (χ4n) is 2.41. The first-order valence-corrected chi connectivity index (χ1v) is 8.56. The average molecular weight is 372 g/mol. The number of amides is 2. The van der Waals surface area contributed by atoms with Crippen LogP contribution in [0.1, 0.15) is 22.8 Å². The molecule has 0 unspecified atom stereocenters. The van der Waals surface area contributed by atoms with Crippen LogP contribution in [0.15, 0.2) is 42.5 Å². The van der Waals surface area contributed by atoms with Gasteiger partial charge in [-0.3, -0.25) is 9.59 Å². The van der Waals surface area contributed by atoms with Gasteiger partial charge in [0.05, 0.1) is 20.8 Å². The van der Waals surface area contributed by atoms with E-state index < -0.39 is 5.91 Å². The highest BCUT2D eigenvalue weighted by atomic mass is 16.5. The number of hydrogen-bond acceptors (Lipinski definition) is 5. The monoisotopic (exact) mass is 372 g/mol. The Morgan fingerprint density at radius 1 is 0.963 bits per heavy atom. The van der Waals surface area contributed by atoms with Gasteiger partial charge in [0, 0.05) is 12.1 Å². The number of likely N-dealkylation sites (N-methyl/N-ethyl adjacent to an activating group) is 1. The Morgan fingerprint density at radius 3 is 2.15 bits per heavy atom. The van der Waals surface area contributed by atoms with Crippen LogP contribution in [-0.2, 0) is 11.4 Å². The third-order valence-corrected chi connectivity index (χ3v) is 3.73. The molecule has 0 heterocycles. The summed E-state index contributed by atoms with van der Waals surface area (Å²) in [6, 6.07) is 12.8. The SMILES string of the molecule is CCNC(=O)CNC(=O)c1cc(OC)c(OCc2ccccc2)c(OC)c1. The van der Waals surface area contributed by atoms with E-state index >= 15 is 0 Å². The van der Waals surface area contributed by atoms with Gasteiger partial charge in [-0.2, -0.15) is 0 Å². The normalized spacial score (nSPS) is 10.0. The van der Waals surface area contributed by atoms with Crippen molar-refractivity contribution in [2.24, 2.45) is 0 Å². The zero-order valence-corrected chi connectivity index (χ0v) is 15.7. The van der Waals surface area contributed by atoms with Crippen LogP contribution >= 0.6 is 0 Å². The molecule has 0 bridgehead atoms. The number of hydrogen-bond donors (Lipinski definition) is 2. The predicted octanol–water partition coefficient (Wildman–Crippen LogP) is 2.15. The van der Waals surface area contributed by atoms with E-state index in [2.05, 4.69) is 10.6 Å². The fraction of sp³-hybridized carbons (Fsp3) is 0.300. The van der Waals surface area contributed by atoms with Gasteiger partial charge in [0.2, 0.25) is 11.7 Å². The summed E-state index contributed by atoms with van der Waals surface area (Å²) >= 11 is 0. The highest BCUT2D eigenvalue weighted by Crippen LogP contribution is 2.39. The van der Waals surface area contributed by atoms with Crippen LogP contribution in [0.5, 0.6) is 17.2 Å². The van der Waals surface area contributed by atoms with Gasteiger partial charge in [0.15, 0.2) is 11.5 Å². The lowest BCUT2D eigenvalue weighted by atomic mass is 10.1. The van der Waals surface area contributed by atoms with E-state index in [1.807, 2.05) is 37.3 Å². The third kappa shape index (κ3) is 5.64. The van der Waals surface area contributed by atoms with Crippen molar-refractivity contribution in [3.63, 3.8) is 0 Å². The van der Waals surface area contributed by atoms with Gasteiger partial charge in [-0.05, 0) is 24.6 Å². The van der Waals surface area contributed by atoms with Crippen LogP contribution in [-0.4, -0.2) is 39.1 Å². The maximum Gasteiger partial charge on any atom is 0.251 e. The van der Waals surface area contributed by atoms with Gasteiger partial charge in [0.1, 0.15) is 6.61 Å². The molecule has 0 spiro atoms. The van der Waals surface area contributed by atoms with Crippen molar-refractivity contribution >= 4 is 11.8 Å². The zero-order valence-electron chi connectivity index (χ0n) is 15.7. The minimum atomic E-state index is -0.410. The Hall–Kier alpha value is -3.22. The number of nitrogens with one attached hydrogen (secondary N) is 2. The van der Waals surface area contributed by atoms with Crippen molar-refractivity contribution in [1.29, 1.82) is 0 Å². The summed E-state index contributed by atoms with van der Waals surface area (Å²) in [6.45, 7) is 2.53. The van der Waals surface area contributed by atoms with Gasteiger partial charge < -0.3 is 24.8 Å². The predicted molar refractivity (Wildman–Crippen MR) is 101 cm³/mol. The van der Waals surface area contributed by atoms with Crippen molar-refractivity contribution in [2.75, 3.05) is 27.3 Å². The lowest BCUT2D eigenvalue weighted by Crippen LogP contribution is -2.36. The van der Waals surface area contributed by atoms with E-state index in [4.69, 9.17) is 14.2 Å². The second-order valence-electron chi connectivity index (χ2n) is 5.62. The molecule has 2 aromatic carbocycles. The minimum Gasteiger partial charge on any atom is -0.493 e. The molecule has 27 heavy (non-hydrogen) atoms. The Kier molecular flexibility index (Phi) is 7.49. The molecule has 0 radical (unpaired) electrons. The van der Waals surface area contributed by atoms with Crippen LogP contribution < -0.4 is 24.8 Å². The second kappa shape index (κ2) is 10.1. The highest BCUT2D eigenvalue weighted by Gasteiger charge is 2.18. The molecule has 0 aliphatic rings. The van der Waals surface area contributed by atoms with Crippen LogP contribution in [0.4, 0.5) is 0 Å². The summed E-state index contributed by atoms with van der Waals surface area (Å²) in [5, 5.41) is 5.18. The second-order valence-corrected chi connectivity index (χ2v) is 5.62. The van der Waals surface area contributed by atoms with E-state index in [-0.39, 0.29) is 12.5 Å². The fourth-order valence-corrected chi connectivity index (χ4v) is 2.41. The summed E-state index contributed by atoms with van der Waals surface area (Å²) in [4.78, 5) is 23.8. The lowest BCUT2D eigenvalue weighted by Gasteiger charge is -2.16. The Morgan fingerprint density at radius 2 is 1.59 bits per heavy atom. The molecule has 0 aliphatic carbocycles. The van der Waals surface area contributed by atoms with Crippen LogP contribution in [0.3, 0.4) is 0 Å². The number of methoxy groups -OCH3 is 2. The number of carbonyl (C=O) groups excluding carboxylic acids is 2. The number of carbonyl (C=O) groups is 2. The van der Waals surface area contributed by atoms with Crippen molar-refractivity contribution in [3.05, 3.63) is 53.6 Å². The topological polar surface area (TPSA) is 85.9 Å². The quantitative estimate of drug-likeness (QED) is 0.704. The van der Waals surface area contributed by atoms with Crippen LogP contribution in [0, 0.1) is 0 Å². The Labute approximate surface area is 158 Å². The molecule has 0 aliphatic heterocycles. The molecule has 7 heteroatoms. The first kappa shape index (κ1) is 20.1. The summed E-state index contributed by atoms with van der Waals surface area (Å²) in [5.41, 5.74) is 1.30. The molecule has 0 fully saturated rings. The number of benzene rings is 2. The molecule has 2 N–H and O–H groups in total. The number of ether oxygens (including phenoxy) is 3. The molecule has 0 atom stereocenters. The molecule has 144 valence electrons. The summed E-state index contributed by atoms with van der Waals surface area (Å²) in [5.74, 6) is 0.478. The maximum atomic E-state index is 12.3. The molecule has 2 aromatic rings. The van der Waals surface area contributed by atoms with Gasteiger partial charge in [-0.25, -0.2) is 0 Å². The Balaban J connectivity index is 2.17. The molecule has 0 saturated heterocycles. The molecule has 0 saturated carbocycles. The number of rotatable bonds is 9. The van der Waals surface area contributed by atoms with Crippen molar-refractivity contribution < 1.29 is 23.8 Å². The maximum absolute atomic E-state index is 12.3. The molecule has 0 aromatic heterocycles. The first-order chi connectivity index (χ1) is 13.1. The van der Waals surface area contributed by atoms with Gasteiger partial charge in [-0.1, -0.05) is 30.3 Å². The van der Waals surface area contributed by atoms with Crippen molar-refractivity contribution in [1.82, 2.24) is 10.6 Å². The highest BCUT2D eigenvalue weighted by molar-refractivity contribution is 5.97. The van der Waals surface area contributed by atoms with E-state index in [0.717, 1.165) is 5.56 Å². The standard InChI is InChI=1S/C20H24N2O5/c1-4-21-18(23)12-22-20(24)15-10-16(25-2)19(17(11-15)26-3)27-13-14-8-6-5-7-9-14/h5-11H,4,12-13H2,1-3H3,(H,21,23)(H,22,24). The smallest absolute Gasteiger partial charge is 0.251 e. The molecular formula is C20H24N2O5. The summed E-state index contributed by atoms with van der Waals surface area (Å²) < 4.78 is 16.6. The van der Waals surface area contributed by atoms with Crippen LogP contribution in [0.2, 0.25) is 0 Å². The largest absolute Gasteiger partial charge is 0.493 e. The van der Waals surface area contributed by atoms with Gasteiger partial charge in [0.25, 0.3) is 5.91 Å². The van der Waals surface area contributed by atoms with Crippen molar-refractivity contribution in [3.8, 4) is 17.2 Å². The van der Waals surface area contributed by atoms with Crippen LogP contribution in [0.25, 0.3) is 0 Å². The molecule has 7 nitrogen and oxygen atoms in total. The minimum absolute atomic E-state index is 0.108. The lowest BCUT2D eigenvalue weighted by molar-refractivity contribution is -0.120. The molecule has 2 amide bonds. The molecular weight excluding hydrogens is 348 g/mol. The molecule has 2 rings (SSSR count). The Bertz CT molecular complexity index is 752. The summed E-state index contributed by atoms with van der Waals surface area (Å²) in [6.07, 6.45) is 0. The van der Waals surface area contributed by atoms with E-state index in [0.29, 0.717) is 36.0 Å². The van der Waals surface area contributed by atoms with Gasteiger partial charge in [-0.15, -0.1) is 0 Å². The average Bonchev–Trinajstić information content (AvgIpc) is 2.70. The van der Waals surface area contributed by atoms with Gasteiger partial charge >= 0.3 is 0 Å². The summed E-state index contributed by atoms with van der Waals surface area (Å²) in [7, 11) is 2.97. The first-order valence-electron chi connectivity index (χ1n) is 8.56. The van der Waals surface area contributed by atoms with E-state index in [1.165, 1.54) is 14.2 Å². The van der Waals surface area contributed by atoms with Crippen molar-refractivity contribution in [2.45, 2.75) is 13.5 Å². The van der Waals surface area contributed by atoms with E-state index in [9.17, 15) is 9.59 Å². The van der Waals surface area contributed by atoms with E-state index in [1.54, 1.807) is 12.1 Å². The zero-order chi connectivity index (χ0) is 19.6. The third-order valence-electron chi connectivity index (χ3n) is 3.73.